The quantitative estimate of drug-likeness (QED) is 0.0762. The highest BCUT2D eigenvalue weighted by Gasteiger charge is 2.36. The largest absolute Gasteiger partial charge is 0.496 e. The predicted molar refractivity (Wildman–Crippen MR) is 590 cm³/mol. The highest BCUT2D eigenvalue weighted by Crippen LogP contribution is 2.53. The van der Waals surface area contributed by atoms with Crippen LogP contribution in [-0.4, -0.2) is 211 Å². The minimum atomic E-state index is -0.0688. The Morgan fingerprint density at radius 2 is 0.671 bits per heavy atom. The summed E-state index contributed by atoms with van der Waals surface area (Å²) in [4.78, 5) is 93.0. The van der Waals surface area contributed by atoms with E-state index in [0.29, 0.717) is 185 Å². The molecule has 6 fully saturated rings. The van der Waals surface area contributed by atoms with E-state index in [1.807, 2.05) is 98.0 Å². The number of nitrogens with zero attached hydrogens (tertiary/aromatic N) is 7. The van der Waals surface area contributed by atoms with Crippen LogP contribution in [0.25, 0.3) is 133 Å². The van der Waals surface area contributed by atoms with Crippen molar-refractivity contribution in [2.24, 2.45) is 5.92 Å². The molecule has 0 radical (unpaired) electrons. The molecule has 0 unspecified atom stereocenters. The third-order valence-corrected chi connectivity index (χ3v) is 31.3. The number of ketones is 1. The number of ether oxygens (including phenoxy) is 6. The van der Waals surface area contributed by atoms with E-state index in [1.54, 1.807) is 38.3 Å². The molecular formula is C124H121N9O16. The fourth-order valence-corrected chi connectivity index (χ4v) is 23.5. The molecule has 25 nitrogen and oxygen atoms in total. The van der Waals surface area contributed by atoms with Crippen LogP contribution in [0.5, 0.6) is 11.5 Å². The van der Waals surface area contributed by atoms with Crippen LogP contribution in [0.2, 0.25) is 0 Å². The number of para-hydroxylation sites is 4. The lowest BCUT2D eigenvalue weighted by atomic mass is 9.93. The molecule has 6 saturated heterocycles. The predicted octanol–water partition coefficient (Wildman–Crippen LogP) is 20.2. The van der Waals surface area contributed by atoms with Gasteiger partial charge in [-0.2, -0.15) is 0 Å². The zero-order valence-corrected chi connectivity index (χ0v) is 84.8. The normalized spacial score (nSPS) is 16.3. The standard InChI is InChI=1S/C35H35N3O5.C35H39N3O4.C27H24N2O3.C27H23NO4/c1-22(39)23-11-13-37(14-12-23)21-32(41)36-30-10-9-26(29-19-24-5-2-3-6-25(24)34(29)30)27-7-4-8-28-31(40)20-33(43-35(27)28)38-15-17-42-18-16-38;1-24(2)37-14-12-36(13-15-37)16-21-41-32-11-10-27(30-22-25-6-3-4-7-26(25)34(30)32)28-8-5-9-29-31(39)23-33(42-35(28)29)38-17-19-40-20-18-38;1-28-23-10-9-19(22-15-17-5-2-3-6-18(17)26(22)23)20-7-4-8-21-24(30)16-25(32-27(20)21)29-11-13-31-14-12-29;1-30-24-10-9-19(22-15-17-5-2-3-6-18(17)26(22)24)20-7-4-8-21-23(29)16-25(32-27(20)21)28-11-13-31-14-12-28/h2-10,20,23H,11-19,21H2,1H3,(H,36,41);3-11,23-24H,12-22H2,1-2H3;2-10,16,28H,11-15H2,1H3;2-10,16H,11-15H2,1H3. The number of Topliss-reactive ketones (excluding diaryl/α,β-unsaturated/α-hetero) is 1. The molecule has 0 saturated carbocycles. The number of piperidine rings is 1. The van der Waals surface area contributed by atoms with Gasteiger partial charge in [0.05, 0.1) is 88.1 Å². The van der Waals surface area contributed by atoms with Crippen molar-refractivity contribution >= 4 is 90.5 Å². The Labute approximate surface area is 864 Å². The van der Waals surface area contributed by atoms with Gasteiger partial charge in [-0.3, -0.25) is 43.5 Å². The second-order valence-corrected chi connectivity index (χ2v) is 40.2. The van der Waals surface area contributed by atoms with Crippen molar-refractivity contribution in [2.45, 2.75) is 65.3 Å². The number of morpholine rings is 4. The number of piperazine rings is 1. The first-order chi connectivity index (χ1) is 73.0. The minimum Gasteiger partial charge on any atom is -0.496 e. The molecule has 10 heterocycles. The van der Waals surface area contributed by atoms with Crippen molar-refractivity contribution < 1.29 is 55.7 Å². The fraction of sp³-hybridized carbons (Fsp3) is 0.306. The van der Waals surface area contributed by atoms with Crippen LogP contribution in [0.4, 0.5) is 34.9 Å². The Kier molecular flexibility index (Phi) is 27.9. The average molecular weight is 1990 g/mol. The van der Waals surface area contributed by atoms with Gasteiger partial charge in [0.25, 0.3) is 0 Å². The molecule has 12 aromatic carbocycles. The van der Waals surface area contributed by atoms with E-state index >= 15 is 0 Å². The van der Waals surface area contributed by atoms with E-state index in [1.165, 1.54) is 61.2 Å². The number of anilines is 6. The van der Waals surface area contributed by atoms with Crippen LogP contribution in [0.3, 0.4) is 0 Å². The zero-order valence-electron chi connectivity index (χ0n) is 84.8. The Balaban J connectivity index is 0.000000110. The molecule has 0 spiro atoms. The van der Waals surface area contributed by atoms with Crippen molar-refractivity contribution in [3.8, 4) is 101 Å². The smallest absolute Gasteiger partial charge is 0.238 e. The number of nitrogens with one attached hydrogen (secondary N) is 2. The topological polar surface area (TPSA) is 257 Å². The van der Waals surface area contributed by atoms with Crippen molar-refractivity contribution in [2.75, 3.05) is 209 Å². The van der Waals surface area contributed by atoms with Gasteiger partial charge < -0.3 is 76.3 Å². The highest BCUT2D eigenvalue weighted by atomic mass is 16.5. The molecule has 149 heavy (non-hydrogen) atoms. The van der Waals surface area contributed by atoms with Crippen molar-refractivity contribution in [1.29, 1.82) is 0 Å². The SMILES string of the molecule is CC(=O)C1CCN(CC(=O)Nc2ccc(-c3cccc4c(=O)cc(N5CCOCC5)oc34)c3c2-c2ccccc2C3)CC1.CC(C)N1CCN(CCOc2ccc(-c3cccc4c(=O)cc(N5CCOCC5)oc34)c3c2-c2ccccc2C3)CC1.CNc1ccc(-c2cccc3c(=O)cc(N4CCOCC4)oc23)c2c1-c1ccccc1C2.COc1ccc(-c2cccc3c(=O)cc(N4CCOCC4)oc23)c2c1-c1ccccc1C2. The number of fused-ring (bicyclic) bond motifs is 16. The number of amides is 1. The Bertz CT molecular complexity index is 7890. The first-order valence-electron chi connectivity index (χ1n) is 52.4. The van der Waals surface area contributed by atoms with Gasteiger partial charge >= 0.3 is 0 Å². The molecule has 6 aliphatic heterocycles. The summed E-state index contributed by atoms with van der Waals surface area (Å²) >= 11 is 0. The van der Waals surface area contributed by atoms with Crippen LogP contribution in [0, 0.1) is 5.92 Å². The lowest BCUT2D eigenvalue weighted by Gasteiger charge is -2.36. The van der Waals surface area contributed by atoms with Gasteiger partial charge in [-0.25, -0.2) is 0 Å². The molecule has 1 amide bonds. The van der Waals surface area contributed by atoms with Gasteiger partial charge in [-0.1, -0.05) is 170 Å². The van der Waals surface area contributed by atoms with Crippen LogP contribution in [0.15, 0.2) is 280 Å². The molecule has 25 heteroatoms. The van der Waals surface area contributed by atoms with E-state index < -0.39 is 0 Å². The number of methoxy groups -OCH3 is 1. The highest BCUT2D eigenvalue weighted by molar-refractivity contribution is 6.05. The summed E-state index contributed by atoms with van der Waals surface area (Å²) in [6.45, 7) is 24.6. The number of carbonyl (C=O) groups is 2. The number of hydrogen-bond acceptors (Lipinski definition) is 24. The van der Waals surface area contributed by atoms with Gasteiger partial charge in [0, 0.05) is 184 Å². The monoisotopic (exact) mass is 1990 g/mol. The first kappa shape index (κ1) is 97.3. The average Bonchev–Trinajstić information content (AvgIpc) is 1.63. The molecule has 0 bridgehead atoms. The number of hydrogen-bond donors (Lipinski definition) is 2. The Morgan fingerprint density at radius 1 is 0.349 bits per heavy atom. The lowest BCUT2D eigenvalue weighted by molar-refractivity contribution is -0.122. The third kappa shape index (κ3) is 19.4. The molecule has 758 valence electrons. The first-order valence-corrected chi connectivity index (χ1v) is 52.4. The van der Waals surface area contributed by atoms with Crippen LogP contribution in [0.1, 0.15) is 78.1 Å². The van der Waals surface area contributed by atoms with E-state index in [2.05, 4.69) is 186 Å². The molecule has 4 aromatic heterocycles. The van der Waals surface area contributed by atoms with Crippen LogP contribution >= 0.6 is 0 Å². The van der Waals surface area contributed by atoms with Gasteiger partial charge in [-0.05, 0) is 210 Å². The molecule has 0 atom stereocenters. The maximum atomic E-state index is 13.3. The Morgan fingerprint density at radius 3 is 1.03 bits per heavy atom. The van der Waals surface area contributed by atoms with E-state index in [0.717, 1.165) is 186 Å². The zero-order chi connectivity index (χ0) is 101. The molecule has 16 aromatic rings. The van der Waals surface area contributed by atoms with Crippen molar-refractivity contribution in [3.05, 3.63) is 328 Å². The van der Waals surface area contributed by atoms with E-state index in [-0.39, 0.29) is 39.3 Å². The molecule has 4 aliphatic carbocycles. The maximum absolute atomic E-state index is 13.3. The molecular weight excluding hydrogens is 1870 g/mol. The van der Waals surface area contributed by atoms with Crippen LogP contribution in [-0.2, 0) is 54.2 Å². The summed E-state index contributed by atoms with van der Waals surface area (Å²) < 4.78 is 60.0. The van der Waals surface area contributed by atoms with Gasteiger partial charge in [0.15, 0.2) is 45.3 Å². The van der Waals surface area contributed by atoms with Gasteiger partial charge in [-0.15, -0.1) is 0 Å². The summed E-state index contributed by atoms with van der Waals surface area (Å²) in [5, 5.41) is 8.91. The minimum absolute atomic E-state index is 0.0126. The molecule has 26 rings (SSSR count). The third-order valence-electron chi connectivity index (χ3n) is 31.3. The van der Waals surface area contributed by atoms with Gasteiger partial charge in [0.1, 0.15) is 46.2 Å². The summed E-state index contributed by atoms with van der Waals surface area (Å²) in [5.41, 5.74) is 31.5. The van der Waals surface area contributed by atoms with E-state index in [9.17, 15) is 28.8 Å². The Hall–Kier alpha value is -15.1. The second-order valence-electron chi connectivity index (χ2n) is 40.2. The number of likely N-dealkylation sites (tertiary alicyclic amines) is 1. The summed E-state index contributed by atoms with van der Waals surface area (Å²) in [7, 11) is 3.67. The maximum Gasteiger partial charge on any atom is 0.238 e. The number of carbonyl (C=O) groups excluding carboxylic acids is 2. The van der Waals surface area contributed by atoms with Crippen molar-refractivity contribution in [1.82, 2.24) is 14.7 Å². The molecule has 2 N–H and O–H groups in total. The summed E-state index contributed by atoms with van der Waals surface area (Å²) in [6.07, 6.45) is 4.82. The summed E-state index contributed by atoms with van der Waals surface area (Å²) in [5.74, 6) is 4.46. The summed E-state index contributed by atoms with van der Waals surface area (Å²) in [6, 6.07) is 80.9. The van der Waals surface area contributed by atoms with E-state index in [4.69, 9.17) is 46.1 Å². The van der Waals surface area contributed by atoms with Crippen molar-refractivity contribution in [3.63, 3.8) is 0 Å². The van der Waals surface area contributed by atoms with Gasteiger partial charge in [0.2, 0.25) is 5.91 Å². The molecule has 10 aliphatic rings. The second kappa shape index (κ2) is 42.7. The number of rotatable bonds is 19. The fourth-order valence-electron chi connectivity index (χ4n) is 23.5. The lowest BCUT2D eigenvalue weighted by Crippen LogP contribution is -2.49. The number of benzene rings is 12. The van der Waals surface area contributed by atoms with Crippen LogP contribution < -0.4 is 61.4 Å².